The van der Waals surface area contributed by atoms with Gasteiger partial charge in [0.05, 0.1) is 29.1 Å². The second-order valence-corrected chi connectivity index (χ2v) is 14.8. The molecular weight excluding hydrogens is 661 g/mol. The average molecular weight is 701 g/mol. The molecule has 0 aliphatic carbocycles. The van der Waals surface area contributed by atoms with Crippen molar-refractivity contribution in [3.8, 4) is 22.9 Å². The fraction of sp³-hybridized carbons (Fsp3) is 0.412. The maximum atomic E-state index is 12.8. The number of carbonyl (C=O) groups is 1. The minimum Gasteiger partial charge on any atom is -0.444 e. The Balaban J connectivity index is 1.40. The van der Waals surface area contributed by atoms with Gasteiger partial charge in [0.1, 0.15) is 11.4 Å². The Bertz CT molecular complexity index is 1950. The van der Waals surface area contributed by atoms with Gasteiger partial charge in [-0.3, -0.25) is 4.72 Å². The summed E-state index contributed by atoms with van der Waals surface area (Å²) in [6, 6.07) is 12.0. The molecule has 49 heavy (non-hydrogen) atoms. The fourth-order valence-electron chi connectivity index (χ4n) is 5.44. The summed E-state index contributed by atoms with van der Waals surface area (Å²) < 4.78 is 78.0. The maximum absolute atomic E-state index is 12.8. The first-order valence-electron chi connectivity index (χ1n) is 15.8. The van der Waals surface area contributed by atoms with Gasteiger partial charge in [-0.05, 0) is 76.8 Å². The molecule has 4 aromatic rings. The Morgan fingerprint density at radius 1 is 1.00 bits per heavy atom. The minimum atomic E-state index is -4.61. The second-order valence-electron chi connectivity index (χ2n) is 13.0. The molecule has 1 amide bonds. The number of fused-ring (bicyclic) bond motifs is 1. The maximum Gasteiger partial charge on any atom is 0.410 e. The average Bonchev–Trinajstić information content (AvgIpc) is 3.02. The molecule has 2 aromatic heterocycles. The van der Waals surface area contributed by atoms with Gasteiger partial charge in [-0.1, -0.05) is 24.3 Å². The molecule has 0 spiro atoms. The lowest BCUT2D eigenvalue weighted by atomic mass is 10.0. The molecule has 0 unspecified atom stereocenters. The van der Waals surface area contributed by atoms with E-state index >= 15 is 0 Å². The van der Waals surface area contributed by atoms with Crippen molar-refractivity contribution >= 4 is 38.5 Å². The third-order valence-corrected chi connectivity index (χ3v) is 9.03. The summed E-state index contributed by atoms with van der Waals surface area (Å²) in [7, 11) is -4.31. The number of likely N-dealkylation sites (tertiary alicyclic amines) is 1. The van der Waals surface area contributed by atoms with Crippen LogP contribution in [0.3, 0.4) is 0 Å². The molecule has 15 heteroatoms. The zero-order valence-corrected chi connectivity index (χ0v) is 28.7. The number of pyridine rings is 1. The predicted octanol–water partition coefficient (Wildman–Crippen LogP) is 7.61. The van der Waals surface area contributed by atoms with Crippen LogP contribution in [0.5, 0.6) is 11.6 Å². The molecule has 2 aromatic carbocycles. The molecule has 0 radical (unpaired) electrons. The van der Waals surface area contributed by atoms with Crippen molar-refractivity contribution in [2.45, 2.75) is 71.7 Å². The summed E-state index contributed by atoms with van der Waals surface area (Å²) in [6.45, 7) is 10.0. The monoisotopic (exact) mass is 700 g/mol. The second kappa shape index (κ2) is 14.1. The van der Waals surface area contributed by atoms with E-state index in [0.717, 1.165) is 18.4 Å². The molecule has 1 fully saturated rings. The fourth-order valence-corrected chi connectivity index (χ4v) is 6.62. The van der Waals surface area contributed by atoms with Crippen molar-refractivity contribution in [1.29, 1.82) is 0 Å². The number of nitrogens with zero attached hydrogens (tertiary/aromatic N) is 4. The quantitative estimate of drug-likeness (QED) is 0.181. The highest BCUT2D eigenvalue weighted by atomic mass is 32.2. The molecule has 5 rings (SSSR count). The van der Waals surface area contributed by atoms with Gasteiger partial charge in [-0.15, -0.1) is 0 Å². The molecule has 0 bridgehead atoms. The standard InChI is InChI=1S/C34H39F3N6O5S/c1-21-10-13-25-24(28(21)42-49(45,46)19-15-34(35,36)37)12-11-22(2)29(25)47-30-26(9-6-16-38-30)27-14-17-39-31(41-27)40-23-8-7-18-43(20-23)32(44)48-33(3,4)5/h6,9-14,16-17,23,42H,7-8,15,18-20H2,1-5H3,(H,39,40,41)/t23-/m0/s1. The van der Waals surface area contributed by atoms with Crippen LogP contribution in [0.4, 0.5) is 29.6 Å². The van der Waals surface area contributed by atoms with Gasteiger partial charge in [0.25, 0.3) is 0 Å². The smallest absolute Gasteiger partial charge is 0.410 e. The van der Waals surface area contributed by atoms with Crippen molar-refractivity contribution in [1.82, 2.24) is 19.9 Å². The Morgan fingerprint density at radius 3 is 2.47 bits per heavy atom. The Kier molecular flexibility index (Phi) is 10.2. The van der Waals surface area contributed by atoms with Crippen LogP contribution in [0.1, 0.15) is 51.2 Å². The number of hydrogen-bond donors (Lipinski definition) is 2. The molecular formula is C34H39F3N6O5S. The van der Waals surface area contributed by atoms with Gasteiger partial charge in [-0.25, -0.2) is 28.2 Å². The summed E-state index contributed by atoms with van der Waals surface area (Å²) >= 11 is 0. The molecule has 1 atom stereocenters. The zero-order chi connectivity index (χ0) is 35.6. The number of ether oxygens (including phenoxy) is 2. The van der Waals surface area contributed by atoms with Gasteiger partial charge in [0.2, 0.25) is 21.9 Å². The van der Waals surface area contributed by atoms with E-state index in [4.69, 9.17) is 14.5 Å². The van der Waals surface area contributed by atoms with E-state index in [-0.39, 0.29) is 23.7 Å². The summed E-state index contributed by atoms with van der Waals surface area (Å²) in [5.74, 6) is -0.116. The van der Waals surface area contributed by atoms with Crippen LogP contribution in [-0.4, -0.2) is 71.0 Å². The van der Waals surface area contributed by atoms with E-state index in [2.05, 4.69) is 20.0 Å². The van der Waals surface area contributed by atoms with Crippen LogP contribution in [0.2, 0.25) is 0 Å². The Morgan fingerprint density at radius 2 is 1.73 bits per heavy atom. The molecule has 11 nitrogen and oxygen atoms in total. The summed E-state index contributed by atoms with van der Waals surface area (Å²) in [5, 5.41) is 4.33. The topological polar surface area (TPSA) is 136 Å². The van der Waals surface area contributed by atoms with Gasteiger partial charge >= 0.3 is 12.3 Å². The van der Waals surface area contributed by atoms with E-state index in [9.17, 15) is 26.4 Å². The van der Waals surface area contributed by atoms with E-state index in [1.807, 2.05) is 27.7 Å². The lowest BCUT2D eigenvalue weighted by molar-refractivity contribution is -0.129. The van der Waals surface area contributed by atoms with Crippen molar-refractivity contribution in [2.75, 3.05) is 28.9 Å². The molecule has 0 saturated carbocycles. The number of alkyl halides is 3. The normalized spacial score (nSPS) is 15.6. The number of rotatable bonds is 9. The molecule has 2 N–H and O–H groups in total. The van der Waals surface area contributed by atoms with E-state index in [1.54, 1.807) is 66.7 Å². The number of sulfonamides is 1. The molecule has 1 aliphatic heterocycles. The number of anilines is 2. The molecule has 1 aliphatic rings. The highest BCUT2D eigenvalue weighted by Gasteiger charge is 2.31. The highest BCUT2D eigenvalue weighted by Crippen LogP contribution is 2.40. The number of amides is 1. The predicted molar refractivity (Wildman–Crippen MR) is 181 cm³/mol. The first kappa shape index (κ1) is 35.6. The van der Waals surface area contributed by atoms with Gasteiger partial charge < -0.3 is 19.7 Å². The lowest BCUT2D eigenvalue weighted by Crippen LogP contribution is -2.47. The zero-order valence-electron chi connectivity index (χ0n) is 27.9. The third kappa shape index (κ3) is 9.28. The number of piperidine rings is 1. The Hall–Kier alpha value is -4.66. The van der Waals surface area contributed by atoms with E-state index in [1.165, 1.54) is 0 Å². The SMILES string of the molecule is Cc1ccc2c(Oc3ncccc3-c3ccnc(N[C@H]4CCCN(C(=O)OC(C)(C)C)C4)n3)c(C)ccc2c1NS(=O)(=O)CCC(F)(F)F. The third-order valence-electron chi connectivity index (χ3n) is 7.78. The van der Waals surface area contributed by atoms with Crippen molar-refractivity contribution in [2.24, 2.45) is 0 Å². The lowest BCUT2D eigenvalue weighted by Gasteiger charge is -2.34. The van der Waals surface area contributed by atoms with Crippen LogP contribution in [0.15, 0.2) is 54.9 Å². The number of nitrogens with one attached hydrogen (secondary N) is 2. The van der Waals surface area contributed by atoms with Crippen molar-refractivity contribution < 1.29 is 35.9 Å². The van der Waals surface area contributed by atoms with Crippen LogP contribution in [-0.2, 0) is 14.8 Å². The number of carbonyl (C=O) groups excluding carboxylic acids is 1. The Labute approximate surface area is 283 Å². The van der Waals surface area contributed by atoms with E-state index in [0.29, 0.717) is 52.4 Å². The molecule has 1 saturated heterocycles. The van der Waals surface area contributed by atoms with Gasteiger partial charge in [0, 0.05) is 42.3 Å². The largest absolute Gasteiger partial charge is 0.444 e. The van der Waals surface area contributed by atoms with Gasteiger partial charge in [-0.2, -0.15) is 13.2 Å². The number of benzene rings is 2. The summed E-state index contributed by atoms with van der Waals surface area (Å²) in [4.78, 5) is 27.9. The van der Waals surface area contributed by atoms with Crippen molar-refractivity contribution in [3.05, 3.63) is 66.0 Å². The number of aryl methyl sites for hydroxylation is 2. The molecule has 262 valence electrons. The number of aromatic nitrogens is 3. The number of halogens is 3. The van der Waals surface area contributed by atoms with Crippen LogP contribution in [0.25, 0.3) is 22.0 Å². The first-order chi connectivity index (χ1) is 23.0. The summed E-state index contributed by atoms with van der Waals surface area (Å²) in [5.41, 5.74) is 1.91. The van der Waals surface area contributed by atoms with Crippen LogP contribution in [0, 0.1) is 13.8 Å². The van der Waals surface area contributed by atoms with Gasteiger partial charge in [0.15, 0.2) is 0 Å². The van der Waals surface area contributed by atoms with Crippen LogP contribution >= 0.6 is 0 Å². The number of hydrogen-bond acceptors (Lipinski definition) is 9. The summed E-state index contributed by atoms with van der Waals surface area (Å²) in [6.07, 6.45) is -1.66. The van der Waals surface area contributed by atoms with Crippen LogP contribution < -0.4 is 14.8 Å². The first-order valence-corrected chi connectivity index (χ1v) is 17.4. The molecule has 3 heterocycles. The van der Waals surface area contributed by atoms with Crippen molar-refractivity contribution in [3.63, 3.8) is 0 Å². The highest BCUT2D eigenvalue weighted by molar-refractivity contribution is 7.92. The minimum absolute atomic E-state index is 0.0944. The van der Waals surface area contributed by atoms with E-state index < -0.39 is 34.0 Å².